The van der Waals surface area contributed by atoms with Crippen LogP contribution >= 0.6 is 0 Å². The first kappa shape index (κ1) is 17.7. The second-order valence-corrected chi connectivity index (χ2v) is 8.70. The Morgan fingerprint density at radius 1 is 0.594 bits per heavy atom. The summed E-state index contributed by atoms with van der Waals surface area (Å²) in [7, 11) is 1.92. The fourth-order valence-corrected chi connectivity index (χ4v) is 5.84. The minimum Gasteiger partial charge on any atom is -0.287 e. The lowest BCUT2D eigenvalue weighted by molar-refractivity contribution is 1.42. The minimum atomic E-state index is 0.178. The summed E-state index contributed by atoms with van der Waals surface area (Å²) in [5.41, 5.74) is 7.62. The number of nitrogens with zero attached hydrogens (tertiary/aromatic N) is 1. The number of aliphatic imine (C=N–C) groups is 1. The van der Waals surface area contributed by atoms with Gasteiger partial charge in [0.25, 0.3) is 0 Å². The maximum Gasteiger partial charge on any atom is 0.243 e. The van der Waals surface area contributed by atoms with E-state index in [1.807, 2.05) is 7.05 Å². The van der Waals surface area contributed by atoms with E-state index in [0.717, 1.165) is 5.71 Å². The highest BCUT2D eigenvalue weighted by Gasteiger charge is 2.35. The van der Waals surface area contributed by atoms with E-state index in [4.69, 9.17) is 4.99 Å². The van der Waals surface area contributed by atoms with Gasteiger partial charge < -0.3 is 0 Å². The predicted octanol–water partition coefficient (Wildman–Crippen LogP) is 4.88. The number of rotatable bonds is 1. The Balaban J connectivity index is 1.71. The Labute approximate surface area is 187 Å². The van der Waals surface area contributed by atoms with Crippen LogP contribution in [0.15, 0.2) is 108 Å². The van der Waals surface area contributed by atoms with Gasteiger partial charge in [-0.1, -0.05) is 113 Å². The summed E-state index contributed by atoms with van der Waals surface area (Å²) in [5.74, 6) is 0. The zero-order valence-electron chi connectivity index (χ0n) is 17.8. The molecule has 1 aliphatic heterocycles. The molecule has 0 bridgehead atoms. The van der Waals surface area contributed by atoms with Crippen molar-refractivity contribution in [2.45, 2.75) is 0 Å². The van der Waals surface area contributed by atoms with Gasteiger partial charge in [0.1, 0.15) is 0 Å². The largest absolute Gasteiger partial charge is 0.287 e. The molecule has 1 nitrogen and oxygen atoms in total. The maximum absolute atomic E-state index is 4.81. The van der Waals surface area contributed by atoms with Crippen molar-refractivity contribution in [3.8, 4) is 0 Å². The van der Waals surface area contributed by atoms with E-state index >= 15 is 0 Å². The lowest BCUT2D eigenvalue weighted by atomic mass is 9.33. The maximum atomic E-state index is 4.81. The number of hydrogen-bond donors (Lipinski definition) is 0. The van der Waals surface area contributed by atoms with Crippen molar-refractivity contribution >= 4 is 61.1 Å². The van der Waals surface area contributed by atoms with Crippen LogP contribution in [0.4, 0.5) is 0 Å². The Morgan fingerprint density at radius 3 is 2.12 bits per heavy atom. The summed E-state index contributed by atoms with van der Waals surface area (Å²) in [6.07, 6.45) is 0. The molecule has 0 atom stereocenters. The lowest BCUT2D eigenvalue weighted by Gasteiger charge is -2.30. The fraction of sp³-hybridized carbons (Fsp3) is 0.0333. The third kappa shape index (κ3) is 2.27. The van der Waals surface area contributed by atoms with Crippen LogP contribution in [0, 0.1) is 0 Å². The van der Waals surface area contributed by atoms with E-state index in [2.05, 4.69) is 103 Å². The molecule has 1 aliphatic rings. The first-order valence-corrected chi connectivity index (χ1v) is 11.2. The van der Waals surface area contributed by atoms with Crippen LogP contribution in [0.5, 0.6) is 0 Å². The highest BCUT2D eigenvalue weighted by molar-refractivity contribution is 6.99. The summed E-state index contributed by atoms with van der Waals surface area (Å²) in [4.78, 5) is 4.81. The first-order valence-electron chi connectivity index (χ1n) is 11.2. The summed E-state index contributed by atoms with van der Waals surface area (Å²) >= 11 is 0. The quantitative estimate of drug-likeness (QED) is 0.273. The third-order valence-electron chi connectivity index (χ3n) is 7.12. The number of fused-ring (bicyclic) bond motifs is 3. The van der Waals surface area contributed by atoms with Gasteiger partial charge in [0, 0.05) is 7.05 Å². The molecule has 7 rings (SSSR count). The van der Waals surface area contributed by atoms with Crippen molar-refractivity contribution in [2.24, 2.45) is 4.99 Å². The summed E-state index contributed by atoms with van der Waals surface area (Å²) in [6.45, 7) is 0.178. The van der Waals surface area contributed by atoms with Crippen LogP contribution in [0.3, 0.4) is 0 Å². The Kier molecular flexibility index (Phi) is 3.63. The predicted molar refractivity (Wildman–Crippen MR) is 139 cm³/mol. The average Bonchev–Trinajstić information content (AvgIpc) is 2.86. The van der Waals surface area contributed by atoms with Gasteiger partial charge in [-0.05, 0) is 49.5 Å². The SMILES string of the molecule is CN=C1c2ccccc2B(c2ccccc2)c2c1cc1ccc3cccc4ccc2c1c34. The van der Waals surface area contributed by atoms with Gasteiger partial charge in [-0.3, -0.25) is 4.99 Å². The smallest absolute Gasteiger partial charge is 0.243 e. The van der Waals surface area contributed by atoms with Crippen LogP contribution in [0.1, 0.15) is 11.1 Å². The van der Waals surface area contributed by atoms with E-state index in [9.17, 15) is 0 Å². The molecule has 0 radical (unpaired) electrons. The Bertz CT molecular complexity index is 1660. The van der Waals surface area contributed by atoms with E-state index in [-0.39, 0.29) is 6.71 Å². The van der Waals surface area contributed by atoms with Gasteiger partial charge in [0.05, 0.1) is 5.71 Å². The van der Waals surface area contributed by atoms with Crippen molar-refractivity contribution < 1.29 is 0 Å². The lowest BCUT2D eigenvalue weighted by Crippen LogP contribution is -2.58. The van der Waals surface area contributed by atoms with Crippen LogP contribution < -0.4 is 16.4 Å². The van der Waals surface area contributed by atoms with Gasteiger partial charge in [-0.2, -0.15) is 0 Å². The summed E-state index contributed by atoms with van der Waals surface area (Å²) in [5, 5.41) is 7.97. The monoisotopic (exact) mass is 405 g/mol. The molecule has 0 aromatic heterocycles. The van der Waals surface area contributed by atoms with E-state index < -0.39 is 0 Å². The van der Waals surface area contributed by atoms with Crippen LogP contribution in [-0.4, -0.2) is 19.5 Å². The molecule has 148 valence electrons. The molecule has 0 saturated carbocycles. The third-order valence-corrected chi connectivity index (χ3v) is 7.12. The topological polar surface area (TPSA) is 12.4 Å². The van der Waals surface area contributed by atoms with Gasteiger partial charge in [-0.15, -0.1) is 0 Å². The van der Waals surface area contributed by atoms with E-state index in [0.29, 0.717) is 0 Å². The minimum absolute atomic E-state index is 0.178. The molecule has 0 unspecified atom stereocenters. The molecule has 0 spiro atoms. The molecule has 32 heavy (non-hydrogen) atoms. The van der Waals surface area contributed by atoms with Gasteiger partial charge in [0.2, 0.25) is 6.71 Å². The van der Waals surface area contributed by atoms with E-state index in [1.54, 1.807) is 0 Å². The molecule has 0 N–H and O–H groups in total. The zero-order chi connectivity index (χ0) is 21.2. The molecule has 6 aromatic rings. The molecule has 2 heteroatoms. The highest BCUT2D eigenvalue weighted by atomic mass is 14.7. The second-order valence-electron chi connectivity index (χ2n) is 8.70. The van der Waals surface area contributed by atoms with Crippen molar-refractivity contribution in [3.05, 3.63) is 114 Å². The molecule has 1 heterocycles. The van der Waals surface area contributed by atoms with Crippen molar-refractivity contribution in [3.63, 3.8) is 0 Å². The van der Waals surface area contributed by atoms with Crippen molar-refractivity contribution in [1.82, 2.24) is 0 Å². The molecule has 0 amide bonds. The Hall–Kier alpha value is -3.91. The standard InChI is InChI=1S/C30H20BN/c1-32-30-23-12-5-6-13-26(23)31(22-10-3-2-4-11-22)29-24-17-16-20-9-7-8-19-14-15-21(18-25(29)30)28(24)27(19)20/h2-18H,1H3. The normalized spacial score (nSPS) is 14.4. The molecule has 0 aliphatic carbocycles. The van der Waals surface area contributed by atoms with Crippen molar-refractivity contribution in [1.29, 1.82) is 0 Å². The van der Waals surface area contributed by atoms with Gasteiger partial charge >= 0.3 is 0 Å². The van der Waals surface area contributed by atoms with Crippen LogP contribution in [0.25, 0.3) is 32.3 Å². The van der Waals surface area contributed by atoms with Crippen molar-refractivity contribution in [2.75, 3.05) is 7.05 Å². The van der Waals surface area contributed by atoms with Gasteiger partial charge in [-0.25, -0.2) is 0 Å². The first-order chi connectivity index (χ1) is 15.8. The second kappa shape index (κ2) is 6.54. The Morgan fingerprint density at radius 2 is 1.31 bits per heavy atom. The molecule has 0 fully saturated rings. The van der Waals surface area contributed by atoms with Gasteiger partial charge in [0.15, 0.2) is 0 Å². The van der Waals surface area contributed by atoms with E-state index in [1.165, 1.54) is 59.8 Å². The molecular formula is C30H20BN. The fourth-order valence-electron chi connectivity index (χ4n) is 5.84. The molecular weight excluding hydrogens is 385 g/mol. The molecule has 0 saturated heterocycles. The zero-order valence-corrected chi connectivity index (χ0v) is 17.8. The molecule has 6 aromatic carbocycles. The summed E-state index contributed by atoms with van der Waals surface area (Å²) < 4.78 is 0. The van der Waals surface area contributed by atoms with Crippen LogP contribution in [0.2, 0.25) is 0 Å². The number of hydrogen-bond acceptors (Lipinski definition) is 1. The van der Waals surface area contributed by atoms with Crippen LogP contribution in [-0.2, 0) is 0 Å². The summed E-state index contributed by atoms with van der Waals surface area (Å²) in [6, 6.07) is 37.8. The number of benzene rings is 6. The average molecular weight is 405 g/mol. The highest BCUT2D eigenvalue weighted by Crippen LogP contribution is 2.35.